The molecule has 0 heterocycles. The Labute approximate surface area is 122 Å². The van der Waals surface area contributed by atoms with Crippen LogP contribution < -0.4 is 16.0 Å². The zero-order chi connectivity index (χ0) is 14.6. The maximum atomic E-state index is 11.5. The summed E-state index contributed by atoms with van der Waals surface area (Å²) in [6.07, 6.45) is 0. The molecule has 5 nitrogen and oxygen atoms in total. The highest BCUT2D eigenvalue weighted by Gasteiger charge is 2.14. The minimum absolute atomic E-state index is 0.175. The molecule has 0 aromatic heterocycles. The van der Waals surface area contributed by atoms with Gasteiger partial charge in [0.2, 0.25) is 5.96 Å². The van der Waals surface area contributed by atoms with E-state index in [4.69, 9.17) is 28.6 Å². The van der Waals surface area contributed by atoms with E-state index in [1.165, 1.54) is 0 Å². The van der Waals surface area contributed by atoms with E-state index in [9.17, 15) is 4.79 Å². The molecular weight excluding hydrogens is 287 g/mol. The van der Waals surface area contributed by atoms with Crippen LogP contribution in [0.5, 0.6) is 0 Å². The molecule has 0 radical (unpaired) electrons. The lowest BCUT2D eigenvalue weighted by Gasteiger charge is -2.21. The van der Waals surface area contributed by atoms with Crippen molar-refractivity contribution in [3.05, 3.63) is 28.2 Å². The molecule has 2 amide bonds. The topological polar surface area (TPSA) is 77.0 Å². The molecule has 19 heavy (non-hydrogen) atoms. The van der Waals surface area contributed by atoms with E-state index in [1.54, 1.807) is 18.2 Å². The van der Waals surface area contributed by atoms with Crippen molar-refractivity contribution in [2.45, 2.75) is 26.3 Å². The SMILES string of the molecule is CC(C)(C)NC(=O)NC(=N)Nc1ccc(Cl)cc1Cl. The minimum atomic E-state index is -0.463. The van der Waals surface area contributed by atoms with Gasteiger partial charge in [-0.1, -0.05) is 23.2 Å². The van der Waals surface area contributed by atoms with E-state index in [0.29, 0.717) is 15.7 Å². The Morgan fingerprint density at radius 1 is 1.26 bits per heavy atom. The summed E-state index contributed by atoms with van der Waals surface area (Å²) in [4.78, 5) is 11.5. The predicted octanol–water partition coefficient (Wildman–Crippen LogP) is 3.44. The number of nitrogens with one attached hydrogen (secondary N) is 4. The van der Waals surface area contributed by atoms with Crippen molar-refractivity contribution in [3.63, 3.8) is 0 Å². The van der Waals surface area contributed by atoms with Crippen LogP contribution >= 0.6 is 23.2 Å². The number of rotatable bonds is 1. The average Bonchev–Trinajstić information content (AvgIpc) is 2.19. The molecule has 1 aromatic carbocycles. The second kappa shape index (κ2) is 6.12. The zero-order valence-corrected chi connectivity index (χ0v) is 12.4. The fourth-order valence-corrected chi connectivity index (χ4v) is 1.70. The Morgan fingerprint density at radius 2 is 1.89 bits per heavy atom. The van der Waals surface area contributed by atoms with Gasteiger partial charge in [-0.15, -0.1) is 0 Å². The second-order valence-corrected chi connectivity index (χ2v) is 5.80. The summed E-state index contributed by atoms with van der Waals surface area (Å²) in [5.41, 5.74) is 0.120. The second-order valence-electron chi connectivity index (χ2n) is 4.95. The molecule has 0 saturated carbocycles. The number of hydrogen-bond acceptors (Lipinski definition) is 2. The van der Waals surface area contributed by atoms with Gasteiger partial charge in [-0.25, -0.2) is 4.79 Å². The van der Waals surface area contributed by atoms with E-state index in [1.807, 2.05) is 20.8 Å². The van der Waals surface area contributed by atoms with Crippen molar-refractivity contribution in [2.75, 3.05) is 5.32 Å². The molecule has 0 fully saturated rings. The number of urea groups is 1. The maximum Gasteiger partial charge on any atom is 0.321 e. The Kier molecular flexibility index (Phi) is 5.03. The van der Waals surface area contributed by atoms with Crippen molar-refractivity contribution in [3.8, 4) is 0 Å². The Bertz CT molecular complexity index is 497. The third-order valence-corrected chi connectivity index (χ3v) is 2.47. The molecule has 0 atom stereocenters. The minimum Gasteiger partial charge on any atom is -0.333 e. The Balaban J connectivity index is 2.58. The molecule has 104 valence electrons. The first kappa shape index (κ1) is 15.6. The van der Waals surface area contributed by atoms with Crippen LogP contribution in [0.15, 0.2) is 18.2 Å². The fraction of sp³-hybridized carbons (Fsp3) is 0.333. The summed E-state index contributed by atoms with van der Waals surface area (Å²) in [7, 11) is 0. The number of benzene rings is 1. The number of guanidine groups is 1. The molecule has 7 heteroatoms. The maximum absolute atomic E-state index is 11.5. The summed E-state index contributed by atoms with van der Waals surface area (Å²) < 4.78 is 0. The van der Waals surface area contributed by atoms with Crippen LogP contribution in [0.3, 0.4) is 0 Å². The number of amides is 2. The van der Waals surface area contributed by atoms with Gasteiger partial charge in [-0.2, -0.15) is 0 Å². The van der Waals surface area contributed by atoms with Crippen molar-refractivity contribution in [1.82, 2.24) is 10.6 Å². The average molecular weight is 303 g/mol. The lowest BCUT2D eigenvalue weighted by atomic mass is 10.1. The smallest absolute Gasteiger partial charge is 0.321 e. The van der Waals surface area contributed by atoms with Crippen LogP contribution in [0.2, 0.25) is 10.0 Å². The van der Waals surface area contributed by atoms with Crippen molar-refractivity contribution in [1.29, 1.82) is 5.41 Å². The standard InChI is InChI=1S/C12H16Cl2N4O/c1-12(2,3)18-11(19)17-10(15)16-9-5-4-7(13)6-8(9)14/h4-6H,1-3H3,(H4,15,16,17,18,19). The Hall–Kier alpha value is -1.46. The van der Waals surface area contributed by atoms with E-state index in [-0.39, 0.29) is 11.5 Å². The molecule has 0 bridgehead atoms. The normalized spacial score (nSPS) is 10.8. The summed E-state index contributed by atoms with van der Waals surface area (Å²) in [5, 5.41) is 16.2. The highest BCUT2D eigenvalue weighted by atomic mass is 35.5. The van der Waals surface area contributed by atoms with Crippen molar-refractivity contribution < 1.29 is 4.79 Å². The summed E-state index contributed by atoms with van der Waals surface area (Å²) in [6.45, 7) is 5.54. The fourth-order valence-electron chi connectivity index (χ4n) is 1.24. The first-order valence-electron chi connectivity index (χ1n) is 5.57. The molecule has 1 aromatic rings. The van der Waals surface area contributed by atoms with Gasteiger partial charge in [0.15, 0.2) is 0 Å². The summed E-state index contributed by atoms with van der Waals surface area (Å²) in [5.74, 6) is -0.175. The van der Waals surface area contributed by atoms with E-state index < -0.39 is 6.03 Å². The summed E-state index contributed by atoms with van der Waals surface area (Å²) in [6, 6.07) is 4.35. The lowest BCUT2D eigenvalue weighted by Crippen LogP contribution is -2.49. The number of anilines is 1. The number of halogens is 2. The van der Waals surface area contributed by atoms with Gasteiger partial charge in [-0.3, -0.25) is 10.7 Å². The largest absolute Gasteiger partial charge is 0.333 e. The Morgan fingerprint density at radius 3 is 2.42 bits per heavy atom. The van der Waals surface area contributed by atoms with Gasteiger partial charge in [0.1, 0.15) is 0 Å². The highest BCUT2D eigenvalue weighted by Crippen LogP contribution is 2.24. The van der Waals surface area contributed by atoms with Crippen LogP contribution in [0, 0.1) is 5.41 Å². The quantitative estimate of drug-likeness (QED) is 0.474. The number of carbonyl (C=O) groups excluding carboxylic acids is 1. The van der Waals surface area contributed by atoms with Crippen LogP contribution in [-0.4, -0.2) is 17.5 Å². The molecule has 1 rings (SSSR count). The van der Waals surface area contributed by atoms with Crippen LogP contribution in [0.4, 0.5) is 10.5 Å². The first-order valence-corrected chi connectivity index (χ1v) is 6.33. The van der Waals surface area contributed by atoms with E-state index in [2.05, 4.69) is 16.0 Å². The molecule has 0 spiro atoms. The van der Waals surface area contributed by atoms with Crippen LogP contribution in [0.25, 0.3) is 0 Å². The van der Waals surface area contributed by atoms with Gasteiger partial charge in [-0.05, 0) is 39.0 Å². The van der Waals surface area contributed by atoms with Gasteiger partial charge in [0.25, 0.3) is 0 Å². The molecule has 0 aliphatic rings. The van der Waals surface area contributed by atoms with Gasteiger partial charge < -0.3 is 10.6 Å². The molecule has 4 N–H and O–H groups in total. The number of carbonyl (C=O) groups is 1. The highest BCUT2D eigenvalue weighted by molar-refractivity contribution is 6.36. The predicted molar refractivity (Wildman–Crippen MR) is 79.2 cm³/mol. The molecule has 0 saturated heterocycles. The van der Waals surface area contributed by atoms with Crippen LogP contribution in [0.1, 0.15) is 20.8 Å². The molecule has 0 aliphatic carbocycles. The molecule has 0 unspecified atom stereocenters. The van der Waals surface area contributed by atoms with E-state index in [0.717, 1.165) is 0 Å². The molecular formula is C12H16Cl2N4O. The van der Waals surface area contributed by atoms with Crippen LogP contribution in [-0.2, 0) is 0 Å². The summed E-state index contributed by atoms with van der Waals surface area (Å²) >= 11 is 11.7. The van der Waals surface area contributed by atoms with Gasteiger partial charge >= 0.3 is 6.03 Å². The van der Waals surface area contributed by atoms with Gasteiger partial charge in [0, 0.05) is 10.6 Å². The van der Waals surface area contributed by atoms with Gasteiger partial charge in [0.05, 0.1) is 10.7 Å². The van der Waals surface area contributed by atoms with Crippen molar-refractivity contribution >= 4 is 40.9 Å². The zero-order valence-electron chi connectivity index (χ0n) is 10.9. The third-order valence-electron chi connectivity index (χ3n) is 1.92. The lowest BCUT2D eigenvalue weighted by molar-refractivity contribution is 0.236. The number of hydrogen-bond donors (Lipinski definition) is 4. The molecule has 0 aliphatic heterocycles. The third kappa shape index (κ3) is 5.81. The van der Waals surface area contributed by atoms with Crippen molar-refractivity contribution in [2.24, 2.45) is 0 Å². The monoisotopic (exact) mass is 302 g/mol. The van der Waals surface area contributed by atoms with E-state index >= 15 is 0 Å². The first-order chi connectivity index (χ1) is 8.67.